The molecule has 10 nitrogen and oxygen atoms in total. The third kappa shape index (κ3) is 19.1. The maximum atomic E-state index is 14.9. The predicted octanol–water partition coefficient (Wildman–Crippen LogP) is 12.9. The topological polar surface area (TPSA) is 142 Å². The molecule has 0 heterocycles. The van der Waals surface area contributed by atoms with Gasteiger partial charge in [-0.1, -0.05) is 30.3 Å². The summed E-state index contributed by atoms with van der Waals surface area (Å²) in [6.45, 7) is -0.631. The van der Waals surface area contributed by atoms with Gasteiger partial charge in [0.2, 0.25) is 0 Å². The van der Waals surface area contributed by atoms with Crippen LogP contribution >= 0.6 is 0 Å². The van der Waals surface area contributed by atoms with E-state index in [-0.39, 0.29) is 80.8 Å². The summed E-state index contributed by atoms with van der Waals surface area (Å²) in [5.41, 5.74) is 12.9. The van der Waals surface area contributed by atoms with Crippen molar-refractivity contribution >= 4 is 35.5 Å². The standard InChI is InChI=1S/C51H48F10N2O8/c52-48(53,54)27-1-3-29-66-40-20-11-37(12-21-40)50(58,59)70-42-16-5-34(6-17-42)9-25-46(64)68-32-36(44-24-15-39(62)31-45(44)63)33-69-47(65)26-10-35-7-18-43(19-8-35)71-51(60,61)38-13-22-41(23-14-38)67-30-4-2-28-49(55,56)57/h5-26,31,36H,1-4,27-30,32-33,62-63H2. The van der Waals surface area contributed by atoms with Gasteiger partial charge in [-0.15, -0.1) is 0 Å². The minimum absolute atomic E-state index is 0.0134. The zero-order chi connectivity index (χ0) is 51.7. The molecule has 5 aromatic carbocycles. The smallest absolute Gasteiger partial charge is 0.426 e. The fourth-order valence-corrected chi connectivity index (χ4v) is 6.42. The van der Waals surface area contributed by atoms with Crippen LogP contribution in [-0.4, -0.2) is 50.7 Å². The molecule has 4 N–H and O–H groups in total. The van der Waals surface area contributed by atoms with Gasteiger partial charge < -0.3 is 39.9 Å². The Labute approximate surface area is 401 Å². The molecule has 0 radical (unpaired) electrons. The number of anilines is 2. The first kappa shape index (κ1) is 54.6. The van der Waals surface area contributed by atoms with E-state index in [4.69, 9.17) is 39.9 Å². The van der Waals surface area contributed by atoms with E-state index in [1.807, 2.05) is 0 Å². The molecule has 0 saturated carbocycles. The van der Waals surface area contributed by atoms with Crippen molar-refractivity contribution in [3.63, 3.8) is 0 Å². The fourth-order valence-electron chi connectivity index (χ4n) is 6.42. The van der Waals surface area contributed by atoms with Gasteiger partial charge in [-0.3, -0.25) is 0 Å². The van der Waals surface area contributed by atoms with Gasteiger partial charge in [-0.2, -0.15) is 43.9 Å². The summed E-state index contributed by atoms with van der Waals surface area (Å²) in [5.74, 6) is -2.36. The number of rotatable bonds is 25. The summed E-state index contributed by atoms with van der Waals surface area (Å²) in [6, 6.07) is 24.6. The fraction of sp³-hybridized carbons (Fsp3) is 0.294. The van der Waals surface area contributed by atoms with Crippen molar-refractivity contribution in [3.8, 4) is 23.0 Å². The van der Waals surface area contributed by atoms with Gasteiger partial charge >= 0.3 is 36.5 Å². The van der Waals surface area contributed by atoms with Crippen LogP contribution in [0.4, 0.5) is 55.3 Å². The second kappa shape index (κ2) is 25.0. The zero-order valence-electron chi connectivity index (χ0n) is 37.6. The van der Waals surface area contributed by atoms with Crippen molar-refractivity contribution in [2.75, 3.05) is 37.9 Å². The van der Waals surface area contributed by atoms with Crippen LogP contribution in [0.5, 0.6) is 23.0 Å². The van der Waals surface area contributed by atoms with Crippen molar-refractivity contribution in [1.82, 2.24) is 0 Å². The van der Waals surface area contributed by atoms with Crippen LogP contribution in [0.3, 0.4) is 0 Å². The number of carbonyl (C=O) groups is 2. The maximum absolute atomic E-state index is 14.9. The lowest BCUT2D eigenvalue weighted by Gasteiger charge is -2.19. The zero-order valence-corrected chi connectivity index (χ0v) is 37.6. The van der Waals surface area contributed by atoms with E-state index in [9.17, 15) is 53.5 Å². The number of nitrogen functional groups attached to an aromatic ring is 2. The number of esters is 2. The molecule has 20 heteroatoms. The van der Waals surface area contributed by atoms with Gasteiger partial charge in [-0.25, -0.2) is 9.59 Å². The Kier molecular flexibility index (Phi) is 19.2. The Hall–Kier alpha value is -7.38. The number of unbranched alkanes of at least 4 members (excludes halogenated alkanes) is 2. The van der Waals surface area contributed by atoms with E-state index >= 15 is 0 Å². The average Bonchev–Trinajstić information content (AvgIpc) is 3.30. The van der Waals surface area contributed by atoms with Crippen LogP contribution in [0.15, 0.2) is 127 Å². The Balaban J connectivity index is 1.08. The summed E-state index contributed by atoms with van der Waals surface area (Å²) in [4.78, 5) is 25.5. The average molecular weight is 1010 g/mol. The third-order valence-corrected chi connectivity index (χ3v) is 10.1. The molecule has 0 bridgehead atoms. The number of benzene rings is 5. The summed E-state index contributed by atoms with van der Waals surface area (Å²) in [6.07, 6.45) is -13.0. The second-order valence-electron chi connectivity index (χ2n) is 15.8. The number of nitrogens with two attached hydrogens (primary N) is 2. The van der Waals surface area contributed by atoms with Crippen LogP contribution in [0.1, 0.15) is 72.3 Å². The van der Waals surface area contributed by atoms with E-state index in [2.05, 4.69) is 0 Å². The number of carbonyl (C=O) groups excluding carboxylic acids is 2. The Morgan fingerprint density at radius 2 is 0.873 bits per heavy atom. The van der Waals surface area contributed by atoms with Crippen LogP contribution in [0, 0.1) is 0 Å². The number of hydrogen-bond acceptors (Lipinski definition) is 10. The van der Waals surface area contributed by atoms with Gasteiger partial charge in [0.25, 0.3) is 0 Å². The van der Waals surface area contributed by atoms with Crippen molar-refractivity contribution < 1.29 is 81.9 Å². The minimum atomic E-state index is -4.26. The van der Waals surface area contributed by atoms with Crippen molar-refractivity contribution in [1.29, 1.82) is 0 Å². The molecular weight excluding hydrogens is 959 g/mol. The molecule has 0 aliphatic rings. The molecule has 71 heavy (non-hydrogen) atoms. The first-order valence-electron chi connectivity index (χ1n) is 21.8. The van der Waals surface area contributed by atoms with E-state index in [0.717, 1.165) is 36.4 Å². The highest BCUT2D eigenvalue weighted by molar-refractivity contribution is 5.87. The maximum Gasteiger partial charge on any atom is 0.426 e. The highest BCUT2D eigenvalue weighted by Crippen LogP contribution is 2.35. The van der Waals surface area contributed by atoms with Crippen LogP contribution in [0.25, 0.3) is 12.2 Å². The molecule has 0 atom stereocenters. The number of halogens is 10. The summed E-state index contributed by atoms with van der Waals surface area (Å²) < 4.78 is 165. The first-order chi connectivity index (χ1) is 33.5. The third-order valence-electron chi connectivity index (χ3n) is 10.1. The minimum Gasteiger partial charge on any atom is -0.494 e. The molecule has 5 rings (SSSR count). The molecule has 5 aromatic rings. The van der Waals surface area contributed by atoms with Gasteiger partial charge in [0.15, 0.2) is 0 Å². The number of alkyl halides is 10. The van der Waals surface area contributed by atoms with Gasteiger partial charge in [0.05, 0.1) is 30.3 Å². The lowest BCUT2D eigenvalue weighted by atomic mass is 9.98. The Morgan fingerprint density at radius 1 is 0.493 bits per heavy atom. The summed E-state index contributed by atoms with van der Waals surface area (Å²) in [5, 5.41) is 0. The number of ether oxygens (including phenoxy) is 6. The van der Waals surface area contributed by atoms with Crippen LogP contribution < -0.4 is 30.4 Å². The molecule has 0 saturated heterocycles. The van der Waals surface area contributed by atoms with Gasteiger partial charge in [-0.05, 0) is 139 Å². The Morgan fingerprint density at radius 3 is 1.24 bits per heavy atom. The van der Waals surface area contributed by atoms with Crippen molar-refractivity contribution in [3.05, 3.63) is 155 Å². The molecule has 0 aromatic heterocycles. The molecule has 0 amide bonds. The van der Waals surface area contributed by atoms with Crippen molar-refractivity contribution in [2.45, 2.75) is 69.0 Å². The summed E-state index contributed by atoms with van der Waals surface area (Å²) in [7, 11) is 0. The summed E-state index contributed by atoms with van der Waals surface area (Å²) >= 11 is 0. The van der Waals surface area contributed by atoms with Gasteiger partial charge in [0.1, 0.15) is 36.2 Å². The largest absolute Gasteiger partial charge is 0.494 e. The quantitative estimate of drug-likeness (QED) is 0.0191. The van der Waals surface area contributed by atoms with Crippen molar-refractivity contribution in [2.24, 2.45) is 0 Å². The van der Waals surface area contributed by atoms with Crippen LogP contribution in [0.2, 0.25) is 0 Å². The van der Waals surface area contributed by atoms with E-state index in [1.165, 1.54) is 91.0 Å². The normalized spacial score (nSPS) is 12.7. The van der Waals surface area contributed by atoms with E-state index < -0.39 is 66.4 Å². The monoisotopic (exact) mass is 1010 g/mol. The highest BCUT2D eigenvalue weighted by atomic mass is 19.4. The van der Waals surface area contributed by atoms with Gasteiger partial charge in [0, 0.05) is 36.4 Å². The van der Waals surface area contributed by atoms with Crippen LogP contribution in [-0.2, 0) is 31.3 Å². The second-order valence-corrected chi connectivity index (χ2v) is 15.8. The predicted molar refractivity (Wildman–Crippen MR) is 244 cm³/mol. The first-order valence-corrected chi connectivity index (χ1v) is 21.8. The molecule has 0 fully saturated rings. The highest BCUT2D eigenvalue weighted by Gasteiger charge is 2.36. The molecule has 0 spiro atoms. The Bertz CT molecular complexity index is 2380. The SMILES string of the molecule is Nc1ccc(C(COC(=O)C=Cc2ccc(OC(F)(F)c3ccc(OCCCCC(F)(F)F)cc3)cc2)COC(=O)C=Cc2ccc(OC(F)(F)c3ccc(OCCCCC(F)(F)F)cc3)cc2)c(N)c1. The van der Waals surface area contributed by atoms with E-state index in [1.54, 1.807) is 12.1 Å². The molecular formula is C51H48F10N2O8. The molecule has 0 unspecified atom stereocenters. The number of hydrogen-bond donors (Lipinski definition) is 2. The molecule has 0 aliphatic heterocycles. The molecule has 380 valence electrons. The lowest BCUT2D eigenvalue weighted by Crippen LogP contribution is -2.21. The lowest BCUT2D eigenvalue weighted by molar-refractivity contribution is -0.186. The van der Waals surface area contributed by atoms with E-state index in [0.29, 0.717) is 22.4 Å². The molecule has 0 aliphatic carbocycles.